The predicted molar refractivity (Wildman–Crippen MR) is 96.6 cm³/mol. The number of hydrogen-bond acceptors (Lipinski definition) is 2. The Hall–Kier alpha value is -1.74. The van der Waals surface area contributed by atoms with Crippen molar-refractivity contribution >= 4 is 23.4 Å². The molecule has 0 unspecified atom stereocenters. The van der Waals surface area contributed by atoms with E-state index in [4.69, 9.17) is 0 Å². The Morgan fingerprint density at radius 2 is 1.86 bits per heavy atom. The molecular weight excluding hydrogens is 290 g/mol. The summed E-state index contributed by atoms with van der Waals surface area (Å²) in [6.45, 7) is 4.05. The van der Waals surface area contributed by atoms with Gasteiger partial charge in [-0.05, 0) is 55.2 Å². The summed E-state index contributed by atoms with van der Waals surface area (Å²) < 4.78 is 0. The van der Waals surface area contributed by atoms with Crippen LogP contribution < -0.4 is 5.32 Å². The zero-order chi connectivity index (χ0) is 15.8. The lowest BCUT2D eigenvalue weighted by Gasteiger charge is -2.09. The van der Waals surface area contributed by atoms with E-state index >= 15 is 0 Å². The van der Waals surface area contributed by atoms with Crippen LogP contribution in [-0.2, 0) is 11.2 Å². The van der Waals surface area contributed by atoms with Gasteiger partial charge in [0.25, 0.3) is 0 Å². The molecule has 22 heavy (non-hydrogen) atoms. The molecule has 1 amide bonds. The van der Waals surface area contributed by atoms with Crippen LogP contribution >= 0.6 is 11.8 Å². The molecule has 116 valence electrons. The monoisotopic (exact) mass is 313 g/mol. The molecule has 0 spiro atoms. The minimum absolute atomic E-state index is 0.0819. The van der Waals surface area contributed by atoms with Gasteiger partial charge in [0, 0.05) is 5.69 Å². The van der Waals surface area contributed by atoms with Crippen LogP contribution in [0.2, 0.25) is 0 Å². The Morgan fingerprint density at radius 3 is 2.64 bits per heavy atom. The third kappa shape index (κ3) is 5.57. The molecule has 0 fully saturated rings. The number of aryl methyl sites for hydroxylation is 3. The summed E-state index contributed by atoms with van der Waals surface area (Å²) in [5.41, 5.74) is 4.56. The fourth-order valence-corrected chi connectivity index (χ4v) is 3.00. The van der Waals surface area contributed by atoms with E-state index in [9.17, 15) is 4.79 Å². The number of rotatable bonds is 7. The van der Waals surface area contributed by atoms with Crippen molar-refractivity contribution in [1.29, 1.82) is 0 Å². The molecule has 0 heterocycles. The van der Waals surface area contributed by atoms with Crippen molar-refractivity contribution in [3.8, 4) is 0 Å². The Labute approximate surface area is 137 Å². The van der Waals surface area contributed by atoms with Crippen molar-refractivity contribution in [1.82, 2.24) is 0 Å². The lowest BCUT2D eigenvalue weighted by molar-refractivity contribution is -0.113. The van der Waals surface area contributed by atoms with Gasteiger partial charge in [0.15, 0.2) is 0 Å². The SMILES string of the molecule is Cc1ccc(C)c(NC(=O)CSCCCc2ccccc2)c1. The van der Waals surface area contributed by atoms with Crippen molar-refractivity contribution in [3.05, 3.63) is 65.2 Å². The summed E-state index contributed by atoms with van der Waals surface area (Å²) in [4.78, 5) is 12.0. The van der Waals surface area contributed by atoms with Crippen molar-refractivity contribution in [3.63, 3.8) is 0 Å². The zero-order valence-electron chi connectivity index (χ0n) is 13.3. The number of hydrogen-bond donors (Lipinski definition) is 1. The predicted octanol–water partition coefficient (Wildman–Crippen LogP) is 4.61. The van der Waals surface area contributed by atoms with Gasteiger partial charge >= 0.3 is 0 Å². The lowest BCUT2D eigenvalue weighted by Crippen LogP contribution is -2.15. The molecule has 0 saturated heterocycles. The first-order valence-corrected chi connectivity index (χ1v) is 8.79. The Bertz CT molecular complexity index is 610. The van der Waals surface area contributed by atoms with Crippen LogP contribution in [0.25, 0.3) is 0 Å². The summed E-state index contributed by atoms with van der Waals surface area (Å²) in [6, 6.07) is 16.6. The lowest BCUT2D eigenvalue weighted by atomic mass is 10.1. The van der Waals surface area contributed by atoms with E-state index < -0.39 is 0 Å². The molecule has 2 nitrogen and oxygen atoms in total. The first-order valence-electron chi connectivity index (χ1n) is 7.64. The topological polar surface area (TPSA) is 29.1 Å². The van der Waals surface area contributed by atoms with Gasteiger partial charge in [-0.15, -0.1) is 0 Å². The Morgan fingerprint density at radius 1 is 1.09 bits per heavy atom. The standard InChI is InChI=1S/C19H23NOS/c1-15-10-11-16(2)18(13-15)20-19(21)14-22-12-6-9-17-7-4-3-5-8-17/h3-5,7-8,10-11,13H,6,9,12,14H2,1-2H3,(H,20,21). The largest absolute Gasteiger partial charge is 0.325 e. The molecule has 2 rings (SSSR count). The minimum atomic E-state index is 0.0819. The molecule has 0 aromatic heterocycles. The molecular formula is C19H23NOS. The van der Waals surface area contributed by atoms with Crippen LogP contribution in [-0.4, -0.2) is 17.4 Å². The summed E-state index contributed by atoms with van der Waals surface area (Å²) in [5, 5.41) is 3.00. The van der Waals surface area contributed by atoms with E-state index in [-0.39, 0.29) is 5.91 Å². The second-order valence-electron chi connectivity index (χ2n) is 5.51. The molecule has 2 aromatic rings. The van der Waals surface area contributed by atoms with Crippen LogP contribution in [0.15, 0.2) is 48.5 Å². The van der Waals surface area contributed by atoms with Gasteiger partial charge in [0.2, 0.25) is 5.91 Å². The molecule has 0 aliphatic rings. The fraction of sp³-hybridized carbons (Fsp3) is 0.316. The maximum atomic E-state index is 12.0. The summed E-state index contributed by atoms with van der Waals surface area (Å²) in [5.74, 6) is 1.61. The van der Waals surface area contributed by atoms with Crippen molar-refractivity contribution < 1.29 is 4.79 Å². The maximum absolute atomic E-state index is 12.0. The highest BCUT2D eigenvalue weighted by Crippen LogP contribution is 2.17. The van der Waals surface area contributed by atoms with Crippen LogP contribution in [0, 0.1) is 13.8 Å². The van der Waals surface area contributed by atoms with E-state index in [1.165, 1.54) is 5.56 Å². The number of amides is 1. The van der Waals surface area contributed by atoms with Crippen LogP contribution in [0.4, 0.5) is 5.69 Å². The van der Waals surface area contributed by atoms with Crippen LogP contribution in [0.3, 0.4) is 0 Å². The second-order valence-corrected chi connectivity index (χ2v) is 6.61. The Balaban J connectivity index is 1.66. The highest BCUT2D eigenvalue weighted by Gasteiger charge is 2.05. The van der Waals surface area contributed by atoms with Gasteiger partial charge in [-0.3, -0.25) is 4.79 Å². The number of anilines is 1. The van der Waals surface area contributed by atoms with E-state index in [0.29, 0.717) is 5.75 Å². The van der Waals surface area contributed by atoms with Gasteiger partial charge in [-0.25, -0.2) is 0 Å². The van der Waals surface area contributed by atoms with Crippen molar-refractivity contribution in [2.75, 3.05) is 16.8 Å². The minimum Gasteiger partial charge on any atom is -0.325 e. The molecule has 1 N–H and O–H groups in total. The molecule has 0 saturated carbocycles. The first kappa shape index (κ1) is 16.6. The molecule has 0 aliphatic carbocycles. The highest BCUT2D eigenvalue weighted by atomic mass is 32.2. The fourth-order valence-electron chi connectivity index (χ4n) is 2.24. The van der Waals surface area contributed by atoms with Gasteiger partial charge in [0.05, 0.1) is 5.75 Å². The highest BCUT2D eigenvalue weighted by molar-refractivity contribution is 7.99. The van der Waals surface area contributed by atoms with Crippen LogP contribution in [0.1, 0.15) is 23.1 Å². The number of carbonyl (C=O) groups excluding carboxylic acids is 1. The second kappa shape index (κ2) is 8.64. The van der Waals surface area contributed by atoms with Gasteiger partial charge in [-0.2, -0.15) is 11.8 Å². The van der Waals surface area contributed by atoms with Gasteiger partial charge < -0.3 is 5.32 Å². The van der Waals surface area contributed by atoms with Gasteiger partial charge in [-0.1, -0.05) is 42.5 Å². The number of carbonyl (C=O) groups is 1. The third-order valence-electron chi connectivity index (χ3n) is 3.50. The molecule has 0 atom stereocenters. The molecule has 2 aromatic carbocycles. The third-order valence-corrected chi connectivity index (χ3v) is 4.54. The zero-order valence-corrected chi connectivity index (χ0v) is 14.1. The summed E-state index contributed by atoms with van der Waals surface area (Å²) >= 11 is 1.70. The maximum Gasteiger partial charge on any atom is 0.234 e. The normalized spacial score (nSPS) is 10.5. The van der Waals surface area contributed by atoms with Crippen molar-refractivity contribution in [2.24, 2.45) is 0 Å². The van der Waals surface area contributed by atoms with Crippen LogP contribution in [0.5, 0.6) is 0 Å². The molecule has 0 radical (unpaired) electrons. The average molecular weight is 313 g/mol. The molecule has 0 bridgehead atoms. The van der Waals surface area contributed by atoms with E-state index in [2.05, 4.69) is 35.6 Å². The molecule has 3 heteroatoms. The first-order chi connectivity index (χ1) is 10.6. The number of thioether (sulfide) groups is 1. The number of nitrogens with one attached hydrogen (secondary N) is 1. The van der Waals surface area contributed by atoms with E-state index in [1.807, 2.05) is 32.0 Å². The van der Waals surface area contributed by atoms with Crippen molar-refractivity contribution in [2.45, 2.75) is 26.7 Å². The summed E-state index contributed by atoms with van der Waals surface area (Å²) in [7, 11) is 0. The average Bonchev–Trinajstić information content (AvgIpc) is 2.51. The van der Waals surface area contributed by atoms with E-state index in [1.54, 1.807) is 11.8 Å². The Kier molecular flexibility index (Phi) is 6.53. The van der Waals surface area contributed by atoms with E-state index in [0.717, 1.165) is 35.4 Å². The smallest absolute Gasteiger partial charge is 0.234 e. The number of benzene rings is 2. The summed E-state index contributed by atoms with van der Waals surface area (Å²) in [6.07, 6.45) is 2.18. The van der Waals surface area contributed by atoms with Gasteiger partial charge in [0.1, 0.15) is 0 Å². The quantitative estimate of drug-likeness (QED) is 0.756. The molecule has 0 aliphatic heterocycles.